The Morgan fingerprint density at radius 1 is 1.15 bits per heavy atom. The van der Waals surface area contributed by atoms with Crippen molar-refractivity contribution >= 4 is 17.6 Å². The van der Waals surface area contributed by atoms with Gasteiger partial charge in [-0.15, -0.1) is 0 Å². The van der Waals surface area contributed by atoms with E-state index in [-0.39, 0.29) is 24.0 Å². The Labute approximate surface area is 158 Å². The maximum atomic E-state index is 12.4. The van der Waals surface area contributed by atoms with Gasteiger partial charge < -0.3 is 19.9 Å². The molecule has 0 bridgehead atoms. The standard InChI is InChI=1S/C21H23NO5/c23-20(13-15-6-5-7-16(12-15)21(24)25)22-18-9-1-2-10-19(18)27-14-17-8-3-4-11-26-17/h1-2,5-7,9-10,12,17H,3-4,8,11,13-14H2,(H,22,23)(H,24,25). The molecule has 0 aromatic heterocycles. The summed E-state index contributed by atoms with van der Waals surface area (Å²) >= 11 is 0. The summed E-state index contributed by atoms with van der Waals surface area (Å²) in [6.45, 7) is 1.22. The van der Waals surface area contributed by atoms with Gasteiger partial charge in [0, 0.05) is 6.61 Å². The van der Waals surface area contributed by atoms with Crippen LogP contribution < -0.4 is 10.1 Å². The first-order valence-electron chi connectivity index (χ1n) is 9.07. The Morgan fingerprint density at radius 2 is 2.00 bits per heavy atom. The van der Waals surface area contributed by atoms with E-state index in [1.165, 1.54) is 12.1 Å². The number of nitrogens with one attached hydrogen (secondary N) is 1. The minimum Gasteiger partial charge on any atom is -0.489 e. The van der Waals surface area contributed by atoms with Crippen molar-refractivity contribution in [3.05, 3.63) is 59.7 Å². The predicted molar refractivity (Wildman–Crippen MR) is 101 cm³/mol. The minimum absolute atomic E-state index is 0.0845. The van der Waals surface area contributed by atoms with Gasteiger partial charge in [0.1, 0.15) is 12.4 Å². The van der Waals surface area contributed by atoms with Gasteiger partial charge in [-0.3, -0.25) is 4.79 Å². The lowest BCUT2D eigenvalue weighted by Crippen LogP contribution is -2.26. The average Bonchev–Trinajstić information content (AvgIpc) is 2.68. The predicted octanol–water partition coefficient (Wildman–Crippen LogP) is 3.51. The van der Waals surface area contributed by atoms with Crippen LogP contribution in [0, 0.1) is 0 Å². The van der Waals surface area contributed by atoms with Crippen molar-refractivity contribution in [1.29, 1.82) is 0 Å². The van der Waals surface area contributed by atoms with Gasteiger partial charge in [0.05, 0.1) is 23.8 Å². The number of para-hydroxylation sites is 2. The molecule has 27 heavy (non-hydrogen) atoms. The fourth-order valence-electron chi connectivity index (χ4n) is 3.01. The molecule has 0 radical (unpaired) electrons. The number of rotatable bonds is 7. The minimum atomic E-state index is -1.01. The number of amides is 1. The van der Waals surface area contributed by atoms with Gasteiger partial charge in [-0.25, -0.2) is 4.79 Å². The van der Waals surface area contributed by atoms with Crippen molar-refractivity contribution in [3.63, 3.8) is 0 Å². The van der Waals surface area contributed by atoms with E-state index in [0.29, 0.717) is 23.6 Å². The zero-order valence-electron chi connectivity index (χ0n) is 15.0. The van der Waals surface area contributed by atoms with E-state index in [0.717, 1.165) is 25.9 Å². The van der Waals surface area contributed by atoms with Gasteiger partial charge in [0.25, 0.3) is 0 Å². The van der Waals surface area contributed by atoms with Crippen LogP contribution in [0.2, 0.25) is 0 Å². The van der Waals surface area contributed by atoms with Crippen LogP contribution in [-0.2, 0) is 16.0 Å². The molecule has 6 nitrogen and oxygen atoms in total. The van der Waals surface area contributed by atoms with Crippen LogP contribution in [0.5, 0.6) is 5.75 Å². The summed E-state index contributed by atoms with van der Waals surface area (Å²) in [5.41, 5.74) is 1.39. The maximum absolute atomic E-state index is 12.4. The average molecular weight is 369 g/mol. The Kier molecular flexibility index (Phi) is 6.44. The molecule has 1 heterocycles. The van der Waals surface area contributed by atoms with Crippen molar-refractivity contribution in [2.75, 3.05) is 18.5 Å². The third kappa shape index (κ3) is 5.56. The van der Waals surface area contributed by atoms with Crippen molar-refractivity contribution in [2.24, 2.45) is 0 Å². The summed E-state index contributed by atoms with van der Waals surface area (Å²) < 4.78 is 11.5. The van der Waals surface area contributed by atoms with Crippen LogP contribution >= 0.6 is 0 Å². The molecule has 1 aliphatic heterocycles. The molecule has 1 unspecified atom stereocenters. The second kappa shape index (κ2) is 9.19. The normalized spacial score (nSPS) is 16.5. The van der Waals surface area contributed by atoms with Crippen LogP contribution in [0.25, 0.3) is 0 Å². The molecule has 1 fully saturated rings. The second-order valence-electron chi connectivity index (χ2n) is 6.53. The molecule has 0 saturated carbocycles. The summed E-state index contributed by atoms with van der Waals surface area (Å²) in [7, 11) is 0. The Balaban J connectivity index is 1.60. The molecule has 0 spiro atoms. The molecular formula is C21H23NO5. The Hall–Kier alpha value is -2.86. The highest BCUT2D eigenvalue weighted by molar-refractivity contribution is 5.94. The lowest BCUT2D eigenvalue weighted by molar-refractivity contribution is -0.115. The van der Waals surface area contributed by atoms with Crippen LogP contribution in [0.3, 0.4) is 0 Å². The zero-order chi connectivity index (χ0) is 19.1. The first kappa shape index (κ1) is 18.9. The third-order valence-corrected chi connectivity index (χ3v) is 4.40. The van der Waals surface area contributed by atoms with Crippen LogP contribution in [0.4, 0.5) is 5.69 Å². The van der Waals surface area contributed by atoms with E-state index in [9.17, 15) is 9.59 Å². The number of aromatic carboxylic acids is 1. The largest absolute Gasteiger partial charge is 0.489 e. The molecule has 3 rings (SSSR count). The van der Waals surface area contributed by atoms with Gasteiger partial charge >= 0.3 is 5.97 Å². The number of hydrogen-bond donors (Lipinski definition) is 2. The molecule has 142 valence electrons. The highest BCUT2D eigenvalue weighted by atomic mass is 16.5. The monoisotopic (exact) mass is 369 g/mol. The molecule has 6 heteroatoms. The molecule has 1 aliphatic rings. The van der Waals surface area contributed by atoms with Crippen molar-refractivity contribution < 1.29 is 24.2 Å². The smallest absolute Gasteiger partial charge is 0.335 e. The second-order valence-corrected chi connectivity index (χ2v) is 6.53. The summed E-state index contributed by atoms with van der Waals surface area (Å²) in [6.07, 6.45) is 3.38. The fourth-order valence-corrected chi connectivity index (χ4v) is 3.01. The molecule has 1 saturated heterocycles. The highest BCUT2D eigenvalue weighted by Crippen LogP contribution is 2.25. The number of carboxylic acid groups (broad SMARTS) is 1. The summed E-state index contributed by atoms with van der Waals surface area (Å²) in [6, 6.07) is 13.6. The van der Waals surface area contributed by atoms with Crippen molar-refractivity contribution in [1.82, 2.24) is 0 Å². The zero-order valence-corrected chi connectivity index (χ0v) is 15.0. The van der Waals surface area contributed by atoms with E-state index >= 15 is 0 Å². The number of benzene rings is 2. The summed E-state index contributed by atoms with van der Waals surface area (Å²) in [5.74, 6) is -0.650. The van der Waals surface area contributed by atoms with Gasteiger partial charge in [-0.05, 0) is 49.1 Å². The van der Waals surface area contributed by atoms with E-state index in [4.69, 9.17) is 14.6 Å². The van der Waals surface area contributed by atoms with Crippen LogP contribution in [0.15, 0.2) is 48.5 Å². The Bertz CT molecular complexity index is 799. The van der Waals surface area contributed by atoms with E-state index < -0.39 is 5.97 Å². The van der Waals surface area contributed by atoms with Gasteiger partial charge in [0.2, 0.25) is 5.91 Å². The number of carbonyl (C=O) groups excluding carboxylic acids is 1. The molecule has 0 aliphatic carbocycles. The molecule has 2 aromatic rings. The number of ether oxygens (including phenoxy) is 2. The first-order chi connectivity index (χ1) is 13.1. The number of carboxylic acids is 1. The molecule has 2 aromatic carbocycles. The van der Waals surface area contributed by atoms with Gasteiger partial charge in [-0.1, -0.05) is 24.3 Å². The number of carbonyl (C=O) groups is 2. The number of anilines is 1. The molecular weight excluding hydrogens is 346 g/mol. The summed E-state index contributed by atoms with van der Waals surface area (Å²) in [4.78, 5) is 23.4. The topological polar surface area (TPSA) is 84.9 Å². The SMILES string of the molecule is O=C(Cc1cccc(C(=O)O)c1)Nc1ccccc1OCC1CCCCO1. The van der Waals surface area contributed by atoms with Crippen LogP contribution in [-0.4, -0.2) is 36.3 Å². The quantitative estimate of drug-likeness (QED) is 0.780. The van der Waals surface area contributed by atoms with Gasteiger partial charge in [0.15, 0.2) is 0 Å². The summed E-state index contributed by atoms with van der Waals surface area (Å²) in [5, 5.41) is 11.9. The van der Waals surface area contributed by atoms with Crippen LogP contribution in [0.1, 0.15) is 35.2 Å². The molecule has 2 N–H and O–H groups in total. The van der Waals surface area contributed by atoms with Gasteiger partial charge in [-0.2, -0.15) is 0 Å². The third-order valence-electron chi connectivity index (χ3n) is 4.40. The maximum Gasteiger partial charge on any atom is 0.335 e. The van der Waals surface area contributed by atoms with Crippen molar-refractivity contribution in [3.8, 4) is 5.75 Å². The van der Waals surface area contributed by atoms with E-state index in [1.54, 1.807) is 18.2 Å². The van der Waals surface area contributed by atoms with Crippen molar-refractivity contribution in [2.45, 2.75) is 31.8 Å². The van der Waals surface area contributed by atoms with E-state index in [1.807, 2.05) is 18.2 Å². The first-order valence-corrected chi connectivity index (χ1v) is 9.07. The highest BCUT2D eigenvalue weighted by Gasteiger charge is 2.16. The molecule has 1 atom stereocenters. The molecule has 1 amide bonds. The lowest BCUT2D eigenvalue weighted by Gasteiger charge is -2.23. The number of hydrogen-bond acceptors (Lipinski definition) is 4. The van der Waals surface area contributed by atoms with E-state index in [2.05, 4.69) is 5.32 Å². The fraction of sp³-hybridized carbons (Fsp3) is 0.333. The lowest BCUT2D eigenvalue weighted by atomic mass is 10.1. The Morgan fingerprint density at radius 3 is 2.78 bits per heavy atom.